The lowest BCUT2D eigenvalue weighted by atomic mass is 10.2. The summed E-state index contributed by atoms with van der Waals surface area (Å²) in [5.74, 6) is 1.15. The lowest BCUT2D eigenvalue weighted by Crippen LogP contribution is -3.15. The van der Waals surface area contributed by atoms with Gasteiger partial charge in [0.1, 0.15) is 5.75 Å². The first-order chi connectivity index (χ1) is 13.2. The molecule has 27 heavy (non-hydrogen) atoms. The van der Waals surface area contributed by atoms with Crippen LogP contribution in [0.2, 0.25) is 0 Å². The van der Waals surface area contributed by atoms with Crippen molar-refractivity contribution in [2.45, 2.75) is 4.90 Å². The maximum Gasteiger partial charge on any atom is 0.279 e. The van der Waals surface area contributed by atoms with Crippen LogP contribution in [-0.4, -0.2) is 49.5 Å². The van der Waals surface area contributed by atoms with Gasteiger partial charge < -0.3 is 20.2 Å². The number of carbonyl (C=O) groups is 1. The molecule has 0 bridgehead atoms. The van der Waals surface area contributed by atoms with Gasteiger partial charge in [0.05, 0.1) is 31.9 Å². The van der Waals surface area contributed by atoms with Gasteiger partial charge in [0, 0.05) is 16.3 Å². The number of benzene rings is 2. The summed E-state index contributed by atoms with van der Waals surface area (Å²) in [5, 5.41) is 12.5. The summed E-state index contributed by atoms with van der Waals surface area (Å²) in [6.07, 6.45) is 1.86. The predicted molar refractivity (Wildman–Crippen MR) is 112 cm³/mol. The van der Waals surface area contributed by atoms with E-state index in [2.05, 4.69) is 16.8 Å². The fourth-order valence-electron chi connectivity index (χ4n) is 3.19. The van der Waals surface area contributed by atoms with E-state index in [0.29, 0.717) is 6.54 Å². The van der Waals surface area contributed by atoms with Crippen LogP contribution in [-0.2, 0) is 4.79 Å². The van der Waals surface area contributed by atoms with Gasteiger partial charge in [0.2, 0.25) is 0 Å². The summed E-state index contributed by atoms with van der Waals surface area (Å²) in [6, 6.07) is 15.2. The van der Waals surface area contributed by atoms with Gasteiger partial charge in [0.15, 0.2) is 6.54 Å². The Morgan fingerprint density at radius 2 is 1.89 bits per heavy atom. The first-order valence-electron chi connectivity index (χ1n) is 9.16. The molecule has 1 aliphatic heterocycles. The molecule has 0 aliphatic carbocycles. The van der Waals surface area contributed by atoms with Gasteiger partial charge in [-0.1, -0.05) is 18.2 Å². The van der Waals surface area contributed by atoms with Crippen LogP contribution in [0.3, 0.4) is 0 Å². The quantitative estimate of drug-likeness (QED) is 0.505. The van der Waals surface area contributed by atoms with Crippen LogP contribution in [0.15, 0.2) is 66.1 Å². The Kier molecular flexibility index (Phi) is 6.79. The van der Waals surface area contributed by atoms with E-state index >= 15 is 0 Å². The van der Waals surface area contributed by atoms with E-state index in [9.17, 15) is 9.90 Å². The third kappa shape index (κ3) is 5.52. The Bertz CT molecular complexity index is 771. The van der Waals surface area contributed by atoms with Crippen molar-refractivity contribution < 1.29 is 14.8 Å². The average Bonchev–Trinajstić information content (AvgIpc) is 2.68. The molecule has 0 unspecified atom stereocenters. The third-order valence-corrected chi connectivity index (χ3v) is 5.68. The summed E-state index contributed by atoms with van der Waals surface area (Å²) >= 11 is 1.67. The second-order valence-electron chi connectivity index (χ2n) is 6.57. The maximum atomic E-state index is 12.5. The molecule has 2 aromatic rings. The van der Waals surface area contributed by atoms with Crippen molar-refractivity contribution in [2.75, 3.05) is 48.7 Å². The van der Waals surface area contributed by atoms with Crippen molar-refractivity contribution >= 4 is 29.0 Å². The van der Waals surface area contributed by atoms with Crippen molar-refractivity contribution in [3.63, 3.8) is 0 Å². The van der Waals surface area contributed by atoms with Crippen molar-refractivity contribution in [1.29, 1.82) is 0 Å². The number of hydrogen-bond acceptors (Lipinski definition) is 4. The Balaban J connectivity index is 1.50. The number of phenols is 1. The van der Waals surface area contributed by atoms with Crippen molar-refractivity contribution in [2.24, 2.45) is 0 Å². The number of thioether (sulfide) groups is 1. The molecule has 3 rings (SSSR count). The number of nitrogens with zero attached hydrogens (tertiary/aromatic N) is 1. The molecular weight excluding hydrogens is 358 g/mol. The van der Waals surface area contributed by atoms with E-state index in [1.807, 2.05) is 42.5 Å². The average molecular weight is 385 g/mol. The number of quaternary nitrogens is 1. The molecule has 6 heteroatoms. The molecule has 1 fully saturated rings. The number of para-hydroxylation sites is 1. The van der Waals surface area contributed by atoms with Gasteiger partial charge in [-0.3, -0.25) is 4.79 Å². The largest absolute Gasteiger partial charge is 0.508 e. The fourth-order valence-corrected chi connectivity index (χ4v) is 3.93. The minimum Gasteiger partial charge on any atom is -0.508 e. The van der Waals surface area contributed by atoms with Crippen LogP contribution in [0.5, 0.6) is 5.75 Å². The van der Waals surface area contributed by atoms with Crippen LogP contribution in [0, 0.1) is 0 Å². The van der Waals surface area contributed by atoms with E-state index in [0.717, 1.165) is 48.2 Å². The Morgan fingerprint density at radius 3 is 2.59 bits per heavy atom. The number of phenolic OH excluding ortho intramolecular Hbond substituents is 1. The molecule has 1 heterocycles. The summed E-state index contributed by atoms with van der Waals surface area (Å²) < 4.78 is 0. The van der Waals surface area contributed by atoms with E-state index < -0.39 is 0 Å². The highest BCUT2D eigenvalue weighted by Gasteiger charge is 2.22. The monoisotopic (exact) mass is 384 g/mol. The van der Waals surface area contributed by atoms with Gasteiger partial charge in [-0.15, -0.1) is 18.3 Å². The minimum atomic E-state index is 0.0507. The van der Waals surface area contributed by atoms with Crippen LogP contribution in [0.4, 0.5) is 11.4 Å². The minimum absolute atomic E-state index is 0.0507. The Morgan fingerprint density at radius 1 is 1.19 bits per heavy atom. The van der Waals surface area contributed by atoms with E-state index in [-0.39, 0.29) is 11.7 Å². The van der Waals surface area contributed by atoms with Gasteiger partial charge in [-0.05, 0) is 36.4 Å². The summed E-state index contributed by atoms with van der Waals surface area (Å²) in [6.45, 7) is 7.86. The smallest absolute Gasteiger partial charge is 0.279 e. The number of rotatable bonds is 7. The molecule has 5 nitrogen and oxygen atoms in total. The molecule has 1 amide bonds. The lowest BCUT2D eigenvalue weighted by molar-refractivity contribution is -0.892. The molecule has 0 saturated carbocycles. The normalized spacial score (nSPS) is 14.7. The first kappa shape index (κ1) is 19.3. The highest BCUT2D eigenvalue weighted by atomic mass is 32.2. The van der Waals surface area contributed by atoms with E-state index in [1.54, 1.807) is 23.9 Å². The van der Waals surface area contributed by atoms with Gasteiger partial charge in [-0.2, -0.15) is 0 Å². The predicted octanol–water partition coefficient (Wildman–Crippen LogP) is 2.01. The third-order valence-electron chi connectivity index (χ3n) is 4.61. The summed E-state index contributed by atoms with van der Waals surface area (Å²) in [7, 11) is 0. The zero-order chi connectivity index (χ0) is 19.1. The highest BCUT2D eigenvalue weighted by Crippen LogP contribution is 2.26. The summed E-state index contributed by atoms with van der Waals surface area (Å²) in [5.41, 5.74) is 1.99. The zero-order valence-corrected chi connectivity index (χ0v) is 16.2. The van der Waals surface area contributed by atoms with Gasteiger partial charge in [-0.25, -0.2) is 0 Å². The number of amides is 1. The van der Waals surface area contributed by atoms with Crippen LogP contribution in [0.25, 0.3) is 0 Å². The molecule has 3 N–H and O–H groups in total. The van der Waals surface area contributed by atoms with Crippen LogP contribution in [0.1, 0.15) is 0 Å². The van der Waals surface area contributed by atoms with Crippen molar-refractivity contribution in [3.05, 3.63) is 61.2 Å². The standard InChI is InChI=1S/C21H25N3O2S/c1-2-15-27-20-6-4-3-5-19(20)22-21(26)16-23-11-13-24(14-12-23)17-7-9-18(25)10-8-17/h2-10,25H,1,11-16H2,(H,22,26)/p+1. The van der Waals surface area contributed by atoms with E-state index in [1.165, 1.54) is 4.90 Å². The SMILES string of the molecule is C=CCSc1ccccc1NC(=O)C[NH+]1CCN(c2ccc(O)cc2)CC1. The molecular formula is C21H26N3O2S+. The molecule has 1 aliphatic rings. The van der Waals surface area contributed by atoms with Crippen molar-refractivity contribution in [1.82, 2.24) is 0 Å². The van der Waals surface area contributed by atoms with Crippen LogP contribution < -0.4 is 15.1 Å². The zero-order valence-electron chi connectivity index (χ0n) is 15.4. The maximum absolute atomic E-state index is 12.5. The molecule has 0 atom stereocenters. The Hall–Kier alpha value is -2.44. The summed E-state index contributed by atoms with van der Waals surface area (Å²) in [4.78, 5) is 17.1. The molecule has 142 valence electrons. The van der Waals surface area contributed by atoms with E-state index in [4.69, 9.17) is 0 Å². The Labute approximate surface area is 164 Å². The molecule has 2 aromatic carbocycles. The van der Waals surface area contributed by atoms with Crippen molar-refractivity contribution in [3.8, 4) is 5.75 Å². The number of nitrogens with one attached hydrogen (secondary N) is 2. The molecule has 0 radical (unpaired) electrons. The first-order valence-corrected chi connectivity index (χ1v) is 10.1. The van der Waals surface area contributed by atoms with Gasteiger partial charge in [0.25, 0.3) is 5.91 Å². The number of anilines is 2. The van der Waals surface area contributed by atoms with Gasteiger partial charge >= 0.3 is 0 Å². The molecule has 0 aromatic heterocycles. The highest BCUT2D eigenvalue weighted by molar-refractivity contribution is 7.99. The molecule has 1 saturated heterocycles. The van der Waals surface area contributed by atoms with Crippen LogP contribution >= 0.6 is 11.8 Å². The number of hydrogen-bond donors (Lipinski definition) is 3. The second-order valence-corrected chi connectivity index (χ2v) is 7.64. The fraction of sp³-hybridized carbons (Fsp3) is 0.286. The number of carbonyl (C=O) groups excluding carboxylic acids is 1. The lowest BCUT2D eigenvalue weighted by Gasteiger charge is -2.33. The topological polar surface area (TPSA) is 57.0 Å². The number of piperazine rings is 1. The second kappa shape index (κ2) is 9.48. The number of aromatic hydroxyl groups is 1. The molecule has 0 spiro atoms.